The molecule has 16 heavy (non-hydrogen) atoms. The predicted molar refractivity (Wildman–Crippen MR) is 69.7 cm³/mol. The quantitative estimate of drug-likeness (QED) is 0.650. The molecule has 1 unspecified atom stereocenters. The first-order valence-electron chi connectivity index (χ1n) is 6.43. The zero-order valence-electron chi connectivity index (χ0n) is 10.5. The van der Waals surface area contributed by atoms with E-state index in [9.17, 15) is 0 Å². The average molecular weight is 212 g/mol. The van der Waals surface area contributed by atoms with Crippen LogP contribution in [0.2, 0.25) is 0 Å². The van der Waals surface area contributed by atoms with Gasteiger partial charge >= 0.3 is 0 Å². The number of fused-ring (bicyclic) bond motifs is 2. The number of rotatable bonds is 1. The van der Waals surface area contributed by atoms with Crippen LogP contribution in [0, 0.1) is 5.41 Å². The van der Waals surface area contributed by atoms with Gasteiger partial charge in [-0.05, 0) is 46.9 Å². The van der Waals surface area contributed by atoms with E-state index in [1.54, 1.807) is 16.7 Å². The predicted octanol–water partition coefficient (Wildman–Crippen LogP) is 4.33. The van der Waals surface area contributed by atoms with Crippen molar-refractivity contribution in [2.24, 2.45) is 5.41 Å². The summed E-state index contributed by atoms with van der Waals surface area (Å²) < 4.78 is 0. The molecule has 1 aromatic carbocycles. The molecule has 1 aromatic rings. The maximum atomic E-state index is 2.48. The van der Waals surface area contributed by atoms with Gasteiger partial charge in [0.05, 0.1) is 0 Å². The molecule has 0 amide bonds. The molecule has 0 bridgehead atoms. The normalized spacial score (nSPS) is 24.6. The van der Waals surface area contributed by atoms with Gasteiger partial charge in [-0.2, -0.15) is 0 Å². The van der Waals surface area contributed by atoms with E-state index < -0.39 is 0 Å². The topological polar surface area (TPSA) is 0 Å². The van der Waals surface area contributed by atoms with E-state index >= 15 is 0 Å². The van der Waals surface area contributed by atoms with E-state index in [0.29, 0.717) is 11.3 Å². The van der Waals surface area contributed by atoms with Crippen molar-refractivity contribution in [3.63, 3.8) is 0 Å². The second-order valence-electron chi connectivity index (χ2n) is 6.14. The highest BCUT2D eigenvalue weighted by Gasteiger charge is 2.30. The van der Waals surface area contributed by atoms with Gasteiger partial charge in [-0.1, -0.05) is 45.1 Å². The number of hydrogen-bond acceptors (Lipinski definition) is 0. The molecule has 0 N–H and O–H groups in total. The minimum atomic E-state index is 0.475. The van der Waals surface area contributed by atoms with Crippen molar-refractivity contribution in [1.82, 2.24) is 0 Å². The van der Waals surface area contributed by atoms with Gasteiger partial charge in [0.15, 0.2) is 0 Å². The monoisotopic (exact) mass is 212 g/mol. The Labute approximate surface area is 98.4 Å². The summed E-state index contributed by atoms with van der Waals surface area (Å²) in [4.78, 5) is 0. The second-order valence-corrected chi connectivity index (χ2v) is 6.14. The van der Waals surface area contributed by atoms with Gasteiger partial charge in [-0.3, -0.25) is 0 Å². The number of hydrogen-bond donors (Lipinski definition) is 0. The number of allylic oxidation sites excluding steroid dienone is 1. The van der Waals surface area contributed by atoms with E-state index in [4.69, 9.17) is 0 Å². The van der Waals surface area contributed by atoms with Crippen molar-refractivity contribution >= 4 is 6.08 Å². The number of benzene rings is 1. The van der Waals surface area contributed by atoms with Crippen LogP contribution in [0.4, 0.5) is 0 Å². The third kappa shape index (κ3) is 1.43. The Morgan fingerprint density at radius 1 is 1.19 bits per heavy atom. The highest BCUT2D eigenvalue weighted by atomic mass is 14.3. The molecule has 0 radical (unpaired) electrons. The smallest absolute Gasteiger partial charge is 0.00247 e. The van der Waals surface area contributed by atoms with Crippen LogP contribution in [-0.2, 0) is 12.8 Å². The molecule has 84 valence electrons. The molecule has 0 spiro atoms. The molecule has 0 heteroatoms. The molecule has 0 saturated carbocycles. The van der Waals surface area contributed by atoms with Crippen LogP contribution in [0.25, 0.3) is 6.08 Å². The zero-order valence-corrected chi connectivity index (χ0v) is 10.5. The van der Waals surface area contributed by atoms with Crippen molar-refractivity contribution < 1.29 is 0 Å². The van der Waals surface area contributed by atoms with Gasteiger partial charge in [0.25, 0.3) is 0 Å². The van der Waals surface area contributed by atoms with Gasteiger partial charge in [0.2, 0.25) is 0 Å². The van der Waals surface area contributed by atoms with E-state index in [0.717, 1.165) is 0 Å². The summed E-state index contributed by atoms with van der Waals surface area (Å²) in [5.41, 5.74) is 6.71. The molecule has 2 aliphatic carbocycles. The summed E-state index contributed by atoms with van der Waals surface area (Å²) in [5.74, 6) is 0.670. The van der Waals surface area contributed by atoms with Crippen LogP contribution in [0.1, 0.15) is 55.4 Å². The van der Waals surface area contributed by atoms with Crippen LogP contribution in [0.3, 0.4) is 0 Å². The molecule has 0 heterocycles. The van der Waals surface area contributed by atoms with Gasteiger partial charge in [0.1, 0.15) is 0 Å². The average Bonchev–Trinajstić information content (AvgIpc) is 2.71. The SMILES string of the molecule is CCC1C=Cc2cc3c(cc21)CC(C)(C)C3. The Bertz CT molecular complexity index is 463. The van der Waals surface area contributed by atoms with Crippen LogP contribution < -0.4 is 0 Å². The van der Waals surface area contributed by atoms with Crippen molar-refractivity contribution in [2.75, 3.05) is 0 Å². The molecule has 1 atom stereocenters. The summed E-state index contributed by atoms with van der Waals surface area (Å²) in [6, 6.07) is 4.92. The lowest BCUT2D eigenvalue weighted by Crippen LogP contribution is -2.09. The third-order valence-electron chi connectivity index (χ3n) is 4.09. The second kappa shape index (κ2) is 3.23. The fourth-order valence-electron chi connectivity index (χ4n) is 3.30. The Morgan fingerprint density at radius 2 is 1.88 bits per heavy atom. The molecular weight excluding hydrogens is 192 g/mol. The van der Waals surface area contributed by atoms with Crippen LogP contribution in [0.5, 0.6) is 0 Å². The molecule has 0 nitrogen and oxygen atoms in total. The Kier molecular flexibility index (Phi) is 2.04. The minimum absolute atomic E-state index is 0.475. The summed E-state index contributed by atoms with van der Waals surface area (Å²) in [6.07, 6.45) is 8.41. The molecule has 0 aliphatic heterocycles. The summed E-state index contributed by atoms with van der Waals surface area (Å²) in [6.45, 7) is 7.04. The fourth-order valence-corrected chi connectivity index (χ4v) is 3.30. The van der Waals surface area contributed by atoms with Gasteiger partial charge in [-0.15, -0.1) is 0 Å². The van der Waals surface area contributed by atoms with Crippen LogP contribution >= 0.6 is 0 Å². The van der Waals surface area contributed by atoms with Crippen LogP contribution in [0.15, 0.2) is 18.2 Å². The lowest BCUT2D eigenvalue weighted by molar-refractivity contribution is 0.392. The maximum Gasteiger partial charge on any atom is 0.00247 e. The molecular formula is C16H20. The van der Waals surface area contributed by atoms with Gasteiger partial charge in [0, 0.05) is 5.92 Å². The first kappa shape index (κ1) is 10.1. The Hall–Kier alpha value is -1.04. The maximum absolute atomic E-state index is 2.48. The van der Waals surface area contributed by atoms with E-state index in [-0.39, 0.29) is 0 Å². The molecule has 0 aromatic heterocycles. The van der Waals surface area contributed by atoms with Crippen molar-refractivity contribution in [2.45, 2.75) is 46.0 Å². The Balaban J connectivity index is 2.06. The molecule has 3 rings (SSSR count). The molecule has 2 aliphatic rings. The van der Waals surface area contributed by atoms with E-state index in [1.165, 1.54) is 24.8 Å². The minimum Gasteiger partial charge on any atom is -0.0764 e. The first-order chi connectivity index (χ1) is 7.59. The fraction of sp³-hybridized carbons (Fsp3) is 0.500. The largest absolute Gasteiger partial charge is 0.0764 e. The summed E-state index contributed by atoms with van der Waals surface area (Å²) >= 11 is 0. The van der Waals surface area contributed by atoms with E-state index in [2.05, 4.69) is 45.1 Å². The lowest BCUT2D eigenvalue weighted by Gasteiger charge is -2.14. The first-order valence-corrected chi connectivity index (χ1v) is 6.43. The van der Waals surface area contributed by atoms with Gasteiger partial charge in [-0.25, -0.2) is 0 Å². The highest BCUT2D eigenvalue weighted by Crippen LogP contribution is 2.41. The molecule has 0 saturated heterocycles. The van der Waals surface area contributed by atoms with Crippen molar-refractivity contribution in [3.05, 3.63) is 40.5 Å². The summed E-state index contributed by atoms with van der Waals surface area (Å²) in [5, 5.41) is 0. The van der Waals surface area contributed by atoms with E-state index in [1.807, 2.05) is 0 Å². The highest BCUT2D eigenvalue weighted by molar-refractivity contribution is 5.65. The lowest BCUT2D eigenvalue weighted by atomic mass is 9.90. The van der Waals surface area contributed by atoms with Crippen LogP contribution in [-0.4, -0.2) is 0 Å². The molecule has 0 fully saturated rings. The van der Waals surface area contributed by atoms with Gasteiger partial charge < -0.3 is 0 Å². The third-order valence-corrected chi connectivity index (χ3v) is 4.09. The Morgan fingerprint density at radius 3 is 2.56 bits per heavy atom. The zero-order chi connectivity index (χ0) is 11.3. The van der Waals surface area contributed by atoms with Crippen molar-refractivity contribution in [3.8, 4) is 0 Å². The standard InChI is InChI=1S/C16H20/c1-4-11-5-6-12-7-13-9-16(2,3)10-14(13)8-15(11)12/h5-8,11H,4,9-10H2,1-3H3. The summed E-state index contributed by atoms with van der Waals surface area (Å²) in [7, 11) is 0. The van der Waals surface area contributed by atoms with Crippen molar-refractivity contribution in [1.29, 1.82) is 0 Å².